The molecule has 0 spiro atoms. The zero-order chi connectivity index (χ0) is 11.8. The molecule has 2 heteroatoms. The Bertz CT molecular complexity index is 415. The maximum atomic E-state index is 10.1. The Morgan fingerprint density at radius 1 is 1.29 bits per heavy atom. The third kappa shape index (κ3) is 1.70. The lowest BCUT2D eigenvalue weighted by Crippen LogP contribution is -2.39. The summed E-state index contributed by atoms with van der Waals surface area (Å²) in [4.78, 5) is 0. The standard InChI is InChI=1S/C15H21NO/c1-2-12-10-6-3-4-7-11(10)15-13(16-12)8-5-9-14(15)17/h5,8-12,16-17H,2-4,6-7H2,1H3. The summed E-state index contributed by atoms with van der Waals surface area (Å²) in [6, 6.07) is 6.48. The van der Waals surface area contributed by atoms with E-state index in [9.17, 15) is 5.11 Å². The number of benzene rings is 1. The molecule has 0 amide bonds. The van der Waals surface area contributed by atoms with Gasteiger partial charge in [-0.3, -0.25) is 0 Å². The van der Waals surface area contributed by atoms with E-state index in [0.717, 1.165) is 5.92 Å². The molecule has 1 fully saturated rings. The highest BCUT2D eigenvalue weighted by atomic mass is 16.3. The smallest absolute Gasteiger partial charge is 0.121 e. The van der Waals surface area contributed by atoms with Crippen molar-refractivity contribution in [2.75, 3.05) is 5.32 Å². The van der Waals surface area contributed by atoms with E-state index >= 15 is 0 Å². The molecule has 92 valence electrons. The highest BCUT2D eigenvalue weighted by Gasteiger charge is 2.38. The van der Waals surface area contributed by atoms with Crippen LogP contribution in [-0.2, 0) is 0 Å². The van der Waals surface area contributed by atoms with Crippen molar-refractivity contribution in [3.05, 3.63) is 23.8 Å². The van der Waals surface area contributed by atoms with Gasteiger partial charge in [-0.2, -0.15) is 0 Å². The second-order valence-electron chi connectivity index (χ2n) is 5.45. The lowest BCUT2D eigenvalue weighted by atomic mass is 9.68. The number of fused-ring (bicyclic) bond motifs is 3. The van der Waals surface area contributed by atoms with Crippen molar-refractivity contribution in [2.45, 2.75) is 51.0 Å². The van der Waals surface area contributed by atoms with Crippen molar-refractivity contribution < 1.29 is 5.11 Å². The minimum Gasteiger partial charge on any atom is -0.508 e. The molecule has 3 unspecified atom stereocenters. The van der Waals surface area contributed by atoms with Crippen LogP contribution in [0.1, 0.15) is 50.5 Å². The molecule has 1 aromatic rings. The molecule has 1 aromatic carbocycles. The lowest BCUT2D eigenvalue weighted by molar-refractivity contribution is 0.255. The normalized spacial score (nSPS) is 31.2. The van der Waals surface area contributed by atoms with Crippen LogP contribution in [0.2, 0.25) is 0 Å². The fraction of sp³-hybridized carbons (Fsp3) is 0.600. The summed E-state index contributed by atoms with van der Waals surface area (Å²) >= 11 is 0. The van der Waals surface area contributed by atoms with Crippen molar-refractivity contribution in [3.63, 3.8) is 0 Å². The first kappa shape index (κ1) is 10.9. The fourth-order valence-corrected chi connectivity index (χ4v) is 3.78. The van der Waals surface area contributed by atoms with E-state index in [1.54, 1.807) is 0 Å². The average Bonchev–Trinajstić information content (AvgIpc) is 2.37. The van der Waals surface area contributed by atoms with E-state index in [0.29, 0.717) is 17.7 Å². The van der Waals surface area contributed by atoms with Gasteiger partial charge in [0.25, 0.3) is 0 Å². The van der Waals surface area contributed by atoms with Crippen molar-refractivity contribution in [1.29, 1.82) is 0 Å². The van der Waals surface area contributed by atoms with Gasteiger partial charge < -0.3 is 10.4 Å². The summed E-state index contributed by atoms with van der Waals surface area (Å²) in [5, 5.41) is 13.7. The molecule has 0 radical (unpaired) electrons. The molecule has 3 atom stereocenters. The van der Waals surface area contributed by atoms with E-state index in [-0.39, 0.29) is 0 Å². The maximum Gasteiger partial charge on any atom is 0.121 e. The zero-order valence-electron chi connectivity index (χ0n) is 10.4. The van der Waals surface area contributed by atoms with Crippen LogP contribution in [0.25, 0.3) is 0 Å². The molecule has 1 aliphatic carbocycles. The summed E-state index contributed by atoms with van der Waals surface area (Å²) < 4.78 is 0. The quantitative estimate of drug-likeness (QED) is 0.769. The Morgan fingerprint density at radius 3 is 2.94 bits per heavy atom. The molecule has 17 heavy (non-hydrogen) atoms. The van der Waals surface area contributed by atoms with Gasteiger partial charge in [-0.25, -0.2) is 0 Å². The molecule has 0 bridgehead atoms. The van der Waals surface area contributed by atoms with Gasteiger partial charge in [0, 0.05) is 17.3 Å². The van der Waals surface area contributed by atoms with Crippen LogP contribution in [0.4, 0.5) is 5.69 Å². The van der Waals surface area contributed by atoms with Gasteiger partial charge in [-0.1, -0.05) is 25.8 Å². The van der Waals surface area contributed by atoms with Crippen LogP contribution in [-0.4, -0.2) is 11.1 Å². The third-order valence-corrected chi connectivity index (χ3v) is 4.57. The Balaban J connectivity index is 2.05. The van der Waals surface area contributed by atoms with Gasteiger partial charge >= 0.3 is 0 Å². The van der Waals surface area contributed by atoms with Crippen molar-refractivity contribution in [3.8, 4) is 5.75 Å². The predicted octanol–water partition coefficient (Wildman–Crippen LogP) is 3.87. The molecule has 1 aliphatic heterocycles. The highest BCUT2D eigenvalue weighted by Crippen LogP contribution is 2.49. The van der Waals surface area contributed by atoms with E-state index in [1.807, 2.05) is 12.1 Å². The monoisotopic (exact) mass is 231 g/mol. The number of hydrogen-bond acceptors (Lipinski definition) is 2. The first-order chi connectivity index (χ1) is 8.31. The molecule has 3 rings (SSSR count). The van der Waals surface area contributed by atoms with Crippen LogP contribution in [0.15, 0.2) is 18.2 Å². The van der Waals surface area contributed by atoms with Crippen LogP contribution in [0, 0.1) is 5.92 Å². The topological polar surface area (TPSA) is 32.3 Å². The summed E-state index contributed by atoms with van der Waals surface area (Å²) in [6.45, 7) is 2.26. The molecule has 0 saturated heterocycles. The molecular formula is C15H21NO. The lowest BCUT2D eigenvalue weighted by Gasteiger charge is -2.43. The van der Waals surface area contributed by atoms with Crippen LogP contribution >= 0.6 is 0 Å². The third-order valence-electron chi connectivity index (χ3n) is 4.57. The minimum atomic E-state index is 0.487. The number of anilines is 1. The number of phenols is 1. The van der Waals surface area contributed by atoms with E-state index in [4.69, 9.17) is 0 Å². The SMILES string of the molecule is CCC1Nc2cccc(O)c2C2CCCCC12. The highest BCUT2D eigenvalue weighted by molar-refractivity contribution is 5.61. The zero-order valence-corrected chi connectivity index (χ0v) is 10.4. The Morgan fingerprint density at radius 2 is 2.12 bits per heavy atom. The second-order valence-corrected chi connectivity index (χ2v) is 5.45. The van der Waals surface area contributed by atoms with Gasteiger partial charge in [-0.15, -0.1) is 0 Å². The number of nitrogens with one attached hydrogen (secondary N) is 1. The van der Waals surface area contributed by atoms with Gasteiger partial charge in [-0.05, 0) is 43.2 Å². The molecule has 2 aliphatic rings. The largest absolute Gasteiger partial charge is 0.508 e. The van der Waals surface area contributed by atoms with Crippen LogP contribution < -0.4 is 5.32 Å². The van der Waals surface area contributed by atoms with Crippen molar-refractivity contribution >= 4 is 5.69 Å². The predicted molar refractivity (Wildman–Crippen MR) is 70.5 cm³/mol. The van der Waals surface area contributed by atoms with Gasteiger partial charge in [0.2, 0.25) is 0 Å². The average molecular weight is 231 g/mol. The first-order valence-electron chi connectivity index (χ1n) is 6.89. The number of aromatic hydroxyl groups is 1. The number of phenolic OH excluding ortho intramolecular Hbond substituents is 1. The first-order valence-corrected chi connectivity index (χ1v) is 6.89. The summed E-state index contributed by atoms with van der Waals surface area (Å²) in [5.41, 5.74) is 2.35. The molecule has 1 saturated carbocycles. The summed E-state index contributed by atoms with van der Waals surface area (Å²) in [5.74, 6) is 1.78. The molecular weight excluding hydrogens is 210 g/mol. The molecule has 2 nitrogen and oxygen atoms in total. The van der Waals surface area contributed by atoms with Crippen molar-refractivity contribution in [1.82, 2.24) is 0 Å². The molecule has 2 N–H and O–H groups in total. The van der Waals surface area contributed by atoms with Gasteiger partial charge in [0.15, 0.2) is 0 Å². The molecule has 1 heterocycles. The fourth-order valence-electron chi connectivity index (χ4n) is 3.78. The molecule has 0 aromatic heterocycles. The van der Waals surface area contributed by atoms with E-state index < -0.39 is 0 Å². The Kier molecular flexibility index (Phi) is 2.73. The maximum absolute atomic E-state index is 10.1. The van der Waals surface area contributed by atoms with Gasteiger partial charge in [0.1, 0.15) is 5.75 Å². The van der Waals surface area contributed by atoms with Crippen LogP contribution in [0.3, 0.4) is 0 Å². The summed E-state index contributed by atoms with van der Waals surface area (Å²) in [6.07, 6.45) is 6.39. The number of rotatable bonds is 1. The Hall–Kier alpha value is -1.18. The van der Waals surface area contributed by atoms with Crippen molar-refractivity contribution in [2.24, 2.45) is 5.92 Å². The number of hydrogen-bond donors (Lipinski definition) is 2. The van der Waals surface area contributed by atoms with Crippen LogP contribution in [0.5, 0.6) is 5.75 Å². The van der Waals surface area contributed by atoms with Gasteiger partial charge in [0.05, 0.1) is 0 Å². The second kappa shape index (κ2) is 4.25. The minimum absolute atomic E-state index is 0.487. The summed E-state index contributed by atoms with van der Waals surface area (Å²) in [7, 11) is 0. The van der Waals surface area contributed by atoms with E-state index in [1.165, 1.54) is 43.4 Å². The van der Waals surface area contributed by atoms with E-state index in [2.05, 4.69) is 18.3 Å². The Labute approximate surface area is 103 Å².